The van der Waals surface area contributed by atoms with Crippen molar-refractivity contribution in [1.82, 2.24) is 15.2 Å². The van der Waals surface area contributed by atoms with Crippen LogP contribution in [0.3, 0.4) is 0 Å². The molecule has 3 aromatic rings. The summed E-state index contributed by atoms with van der Waals surface area (Å²) in [6, 6.07) is 12.3. The van der Waals surface area contributed by atoms with Crippen molar-refractivity contribution in [2.45, 2.75) is 31.5 Å². The van der Waals surface area contributed by atoms with E-state index in [2.05, 4.69) is 19.9 Å². The summed E-state index contributed by atoms with van der Waals surface area (Å²) in [4.78, 5) is 4.64. The average molecular weight is 370 g/mol. The number of nitrogens with one attached hydrogen (secondary N) is 2. The molecule has 0 fully saturated rings. The maximum Gasteiger partial charge on any atom is 0.262 e. The van der Waals surface area contributed by atoms with Crippen LogP contribution in [-0.2, 0) is 34.4 Å². The summed E-state index contributed by atoms with van der Waals surface area (Å²) < 4.78 is 34.1. The van der Waals surface area contributed by atoms with Gasteiger partial charge >= 0.3 is 0 Å². The molecule has 4 rings (SSSR count). The zero-order valence-electron chi connectivity index (χ0n) is 14.2. The molecule has 0 aliphatic carbocycles. The molecule has 0 bridgehead atoms. The number of aryl methyl sites for hydroxylation is 1. The first-order chi connectivity index (χ1) is 12.6. The lowest BCUT2D eigenvalue weighted by Gasteiger charge is -2.13. The molecular weight excluding hydrogens is 352 g/mol. The maximum atomic E-state index is 13.0. The first kappa shape index (κ1) is 16.7. The second-order valence-corrected chi connectivity index (χ2v) is 7.65. The number of aromatic nitrogens is 3. The molecule has 8 heteroatoms. The van der Waals surface area contributed by atoms with Crippen LogP contribution in [0.15, 0.2) is 47.4 Å². The molecule has 2 N–H and O–H groups in total. The van der Waals surface area contributed by atoms with E-state index in [1.807, 2.05) is 19.1 Å². The summed E-state index contributed by atoms with van der Waals surface area (Å²) in [6.45, 7) is 2.71. The van der Waals surface area contributed by atoms with Crippen molar-refractivity contribution >= 4 is 15.7 Å². The SMILES string of the molecule is CCc1nc(-c2ccccc2NS(=O)(=O)c2cccc3c2COC3)n[nH]1. The van der Waals surface area contributed by atoms with Gasteiger partial charge in [0.1, 0.15) is 5.82 Å². The second kappa shape index (κ2) is 6.54. The van der Waals surface area contributed by atoms with E-state index in [0.29, 0.717) is 35.9 Å². The first-order valence-electron chi connectivity index (χ1n) is 8.30. The van der Waals surface area contributed by atoms with Crippen molar-refractivity contribution in [1.29, 1.82) is 0 Å². The molecule has 7 nitrogen and oxygen atoms in total. The van der Waals surface area contributed by atoms with Gasteiger partial charge in [0.2, 0.25) is 0 Å². The zero-order chi connectivity index (χ0) is 18.1. The van der Waals surface area contributed by atoms with Gasteiger partial charge in [0, 0.05) is 17.5 Å². The van der Waals surface area contributed by atoms with Gasteiger partial charge < -0.3 is 4.74 Å². The lowest BCUT2D eigenvalue weighted by Crippen LogP contribution is -2.15. The number of para-hydroxylation sites is 1. The van der Waals surface area contributed by atoms with Gasteiger partial charge in [-0.05, 0) is 23.8 Å². The second-order valence-electron chi connectivity index (χ2n) is 6.00. The van der Waals surface area contributed by atoms with Crippen LogP contribution in [-0.4, -0.2) is 23.6 Å². The molecule has 0 amide bonds. The van der Waals surface area contributed by atoms with Crippen LogP contribution in [0.2, 0.25) is 0 Å². The Morgan fingerprint density at radius 2 is 2.00 bits per heavy atom. The smallest absolute Gasteiger partial charge is 0.262 e. The lowest BCUT2D eigenvalue weighted by atomic mass is 10.1. The third-order valence-corrected chi connectivity index (χ3v) is 5.75. The minimum atomic E-state index is -3.76. The van der Waals surface area contributed by atoms with Crippen LogP contribution in [0, 0.1) is 0 Å². The van der Waals surface area contributed by atoms with Gasteiger partial charge in [0.15, 0.2) is 5.82 Å². The summed E-state index contributed by atoms with van der Waals surface area (Å²) in [7, 11) is -3.76. The molecule has 0 saturated heterocycles. The quantitative estimate of drug-likeness (QED) is 0.720. The van der Waals surface area contributed by atoms with Gasteiger partial charge in [0.05, 0.1) is 23.8 Å². The van der Waals surface area contributed by atoms with Crippen LogP contribution in [0.25, 0.3) is 11.4 Å². The number of ether oxygens (including phenoxy) is 1. The van der Waals surface area contributed by atoms with E-state index in [9.17, 15) is 8.42 Å². The van der Waals surface area contributed by atoms with Crippen molar-refractivity contribution in [3.8, 4) is 11.4 Å². The monoisotopic (exact) mass is 370 g/mol. The van der Waals surface area contributed by atoms with Crippen LogP contribution in [0.4, 0.5) is 5.69 Å². The number of sulfonamides is 1. The number of fused-ring (bicyclic) bond motifs is 1. The zero-order valence-corrected chi connectivity index (χ0v) is 15.0. The summed E-state index contributed by atoms with van der Waals surface area (Å²) in [5, 5.41) is 7.04. The lowest BCUT2D eigenvalue weighted by molar-refractivity contribution is 0.133. The molecule has 0 spiro atoms. The third kappa shape index (κ3) is 2.97. The maximum absolute atomic E-state index is 13.0. The number of hydrogen-bond donors (Lipinski definition) is 2. The van der Waals surface area contributed by atoms with E-state index in [0.717, 1.165) is 17.8 Å². The molecule has 134 valence electrons. The number of anilines is 1. The average Bonchev–Trinajstić information content (AvgIpc) is 3.30. The van der Waals surface area contributed by atoms with Gasteiger partial charge in [-0.25, -0.2) is 13.4 Å². The van der Waals surface area contributed by atoms with Gasteiger partial charge in [-0.3, -0.25) is 9.82 Å². The number of benzene rings is 2. The van der Waals surface area contributed by atoms with Crippen LogP contribution >= 0.6 is 0 Å². The normalized spacial score (nSPS) is 13.6. The molecule has 1 aliphatic rings. The molecular formula is C18H18N4O3S. The summed E-state index contributed by atoms with van der Waals surface area (Å²) in [5.41, 5.74) is 2.67. The van der Waals surface area contributed by atoms with Gasteiger partial charge in [-0.15, -0.1) is 0 Å². The predicted octanol–water partition coefficient (Wildman–Crippen LogP) is 2.87. The van der Waals surface area contributed by atoms with E-state index in [4.69, 9.17) is 4.74 Å². The van der Waals surface area contributed by atoms with Gasteiger partial charge in [-0.2, -0.15) is 5.10 Å². The standard InChI is InChI=1S/C18H18N4O3S/c1-2-17-19-18(21-20-17)13-7-3-4-8-15(13)22-26(23,24)16-9-5-6-12-10-25-11-14(12)16/h3-9,22H,2,10-11H2,1H3,(H,19,20,21). The molecule has 1 aromatic heterocycles. The molecule has 26 heavy (non-hydrogen) atoms. The van der Waals surface area contributed by atoms with E-state index in [1.165, 1.54) is 0 Å². The Hall–Kier alpha value is -2.71. The van der Waals surface area contributed by atoms with Gasteiger partial charge in [-0.1, -0.05) is 31.2 Å². The molecule has 0 unspecified atom stereocenters. The Labute approximate surface area is 151 Å². The Morgan fingerprint density at radius 1 is 1.15 bits per heavy atom. The van der Waals surface area contributed by atoms with Crippen molar-refractivity contribution in [2.75, 3.05) is 4.72 Å². The highest BCUT2D eigenvalue weighted by Gasteiger charge is 2.25. The van der Waals surface area contributed by atoms with Crippen molar-refractivity contribution in [3.05, 3.63) is 59.4 Å². The number of nitrogens with zero attached hydrogens (tertiary/aromatic N) is 2. The molecule has 1 aliphatic heterocycles. The fraction of sp³-hybridized carbons (Fsp3) is 0.222. The summed E-state index contributed by atoms with van der Waals surface area (Å²) in [5.74, 6) is 1.21. The molecule has 2 aromatic carbocycles. The summed E-state index contributed by atoms with van der Waals surface area (Å²) >= 11 is 0. The largest absolute Gasteiger partial charge is 0.372 e. The molecule has 2 heterocycles. The van der Waals surface area contributed by atoms with E-state index in [-0.39, 0.29) is 4.90 Å². The van der Waals surface area contributed by atoms with E-state index < -0.39 is 10.0 Å². The first-order valence-corrected chi connectivity index (χ1v) is 9.79. The minimum absolute atomic E-state index is 0.242. The highest BCUT2D eigenvalue weighted by Crippen LogP contribution is 2.31. The number of hydrogen-bond acceptors (Lipinski definition) is 5. The van der Waals surface area contributed by atoms with E-state index >= 15 is 0 Å². The van der Waals surface area contributed by atoms with Crippen molar-refractivity contribution in [2.24, 2.45) is 0 Å². The molecule has 0 saturated carbocycles. The number of H-pyrrole nitrogens is 1. The Balaban J connectivity index is 1.73. The van der Waals surface area contributed by atoms with Crippen LogP contribution in [0.1, 0.15) is 23.9 Å². The van der Waals surface area contributed by atoms with Crippen LogP contribution in [0.5, 0.6) is 0 Å². The minimum Gasteiger partial charge on any atom is -0.372 e. The number of rotatable bonds is 5. The van der Waals surface area contributed by atoms with Crippen LogP contribution < -0.4 is 4.72 Å². The van der Waals surface area contributed by atoms with Crippen molar-refractivity contribution in [3.63, 3.8) is 0 Å². The molecule has 0 atom stereocenters. The van der Waals surface area contributed by atoms with Crippen molar-refractivity contribution < 1.29 is 13.2 Å². The third-order valence-electron chi connectivity index (χ3n) is 4.30. The topological polar surface area (TPSA) is 97.0 Å². The highest BCUT2D eigenvalue weighted by atomic mass is 32.2. The fourth-order valence-electron chi connectivity index (χ4n) is 2.97. The fourth-order valence-corrected chi connectivity index (χ4v) is 4.32. The Bertz CT molecular complexity index is 1060. The van der Waals surface area contributed by atoms with Gasteiger partial charge in [0.25, 0.3) is 10.0 Å². The Kier molecular flexibility index (Phi) is 4.21. The molecule has 0 radical (unpaired) electrons. The van der Waals surface area contributed by atoms with E-state index in [1.54, 1.807) is 30.3 Å². The predicted molar refractivity (Wildman–Crippen MR) is 96.9 cm³/mol. The highest BCUT2D eigenvalue weighted by molar-refractivity contribution is 7.92. The Morgan fingerprint density at radius 3 is 2.81 bits per heavy atom. The summed E-state index contributed by atoms with van der Waals surface area (Å²) in [6.07, 6.45) is 0.719. The number of aromatic amines is 1.